The van der Waals surface area contributed by atoms with Gasteiger partial charge in [0.05, 0.1) is 6.20 Å². The summed E-state index contributed by atoms with van der Waals surface area (Å²) in [4.78, 5) is 8.68. The molecule has 2 rings (SSSR count). The first-order valence-corrected chi connectivity index (χ1v) is 5.36. The number of nitrogens with zero attached hydrogens (tertiary/aromatic N) is 3. The molecule has 0 saturated carbocycles. The smallest absolute Gasteiger partial charge is 0.252 e. The highest BCUT2D eigenvalue weighted by molar-refractivity contribution is 5.51. The molecule has 2 heterocycles. The summed E-state index contributed by atoms with van der Waals surface area (Å²) in [6.45, 7) is 6.44. The van der Waals surface area contributed by atoms with Gasteiger partial charge < -0.3 is 0 Å². The number of hydrogen-bond donors (Lipinski definition) is 0. The Labute approximate surface area is 95.8 Å². The molecule has 3 nitrogen and oxygen atoms in total. The number of hydrogen-bond acceptors (Lipinski definition) is 2. The summed E-state index contributed by atoms with van der Waals surface area (Å²) in [6, 6.07) is 7.83. The van der Waals surface area contributed by atoms with E-state index >= 15 is 0 Å². The molecule has 0 spiro atoms. The van der Waals surface area contributed by atoms with Crippen molar-refractivity contribution in [3.8, 4) is 11.4 Å². The van der Waals surface area contributed by atoms with Crippen LogP contribution in [0.5, 0.6) is 0 Å². The van der Waals surface area contributed by atoms with Crippen molar-refractivity contribution in [3.05, 3.63) is 43.0 Å². The van der Waals surface area contributed by atoms with Crippen LogP contribution in [0.1, 0.15) is 20.8 Å². The highest BCUT2D eigenvalue weighted by Crippen LogP contribution is 2.11. The van der Waals surface area contributed by atoms with E-state index in [0.29, 0.717) is 0 Å². The first-order chi connectivity index (χ1) is 7.57. The van der Waals surface area contributed by atoms with E-state index in [1.54, 1.807) is 6.20 Å². The van der Waals surface area contributed by atoms with Crippen molar-refractivity contribution < 1.29 is 4.57 Å². The highest BCUT2D eigenvalue weighted by Gasteiger charge is 2.18. The Morgan fingerprint density at radius 3 is 2.25 bits per heavy atom. The molecule has 0 bridgehead atoms. The highest BCUT2D eigenvalue weighted by atomic mass is 15.1. The monoisotopic (exact) mass is 214 g/mol. The third-order valence-corrected chi connectivity index (χ3v) is 2.42. The fourth-order valence-corrected chi connectivity index (χ4v) is 1.42. The zero-order chi connectivity index (χ0) is 11.6. The van der Waals surface area contributed by atoms with Crippen LogP contribution in [0.25, 0.3) is 11.4 Å². The predicted octanol–water partition coefficient (Wildman–Crippen LogP) is 2.19. The fraction of sp³-hybridized carbons (Fsp3) is 0.308. The molecule has 0 amide bonds. The van der Waals surface area contributed by atoms with Gasteiger partial charge >= 0.3 is 0 Å². The Balaban J connectivity index is 2.34. The van der Waals surface area contributed by atoms with Crippen LogP contribution in [0.3, 0.4) is 0 Å². The van der Waals surface area contributed by atoms with E-state index in [4.69, 9.17) is 0 Å². The maximum Gasteiger partial charge on any atom is 0.287 e. The molecule has 0 saturated heterocycles. The van der Waals surface area contributed by atoms with E-state index < -0.39 is 0 Å². The molecular weight excluding hydrogens is 198 g/mol. The van der Waals surface area contributed by atoms with Crippen LogP contribution in [0.2, 0.25) is 0 Å². The molecule has 0 fully saturated rings. The van der Waals surface area contributed by atoms with Crippen LogP contribution in [0.15, 0.2) is 43.0 Å². The average Bonchev–Trinajstić information content (AvgIpc) is 2.29. The molecule has 0 N–H and O–H groups in total. The first-order valence-electron chi connectivity index (χ1n) is 5.36. The largest absolute Gasteiger partial charge is 0.287 e. The van der Waals surface area contributed by atoms with Gasteiger partial charge in [-0.3, -0.25) is 4.98 Å². The van der Waals surface area contributed by atoms with Crippen LogP contribution in [-0.4, -0.2) is 9.97 Å². The second-order valence-corrected chi connectivity index (χ2v) is 4.74. The Hall–Kier alpha value is -1.77. The molecule has 0 aliphatic rings. The van der Waals surface area contributed by atoms with Crippen LogP contribution < -0.4 is 4.57 Å². The molecule has 3 heteroatoms. The molecule has 0 aliphatic carbocycles. The molecule has 0 atom stereocenters. The van der Waals surface area contributed by atoms with E-state index in [0.717, 1.165) is 11.4 Å². The minimum absolute atomic E-state index is 0.0651. The average molecular weight is 214 g/mol. The second-order valence-electron chi connectivity index (χ2n) is 4.74. The minimum Gasteiger partial charge on any atom is -0.252 e. The summed E-state index contributed by atoms with van der Waals surface area (Å²) in [7, 11) is 0. The summed E-state index contributed by atoms with van der Waals surface area (Å²) >= 11 is 0. The van der Waals surface area contributed by atoms with E-state index in [1.165, 1.54) is 0 Å². The SMILES string of the molecule is CC(C)(C)[n+]1ccc(-c2ccccn2)nc1. The topological polar surface area (TPSA) is 29.7 Å². The minimum atomic E-state index is 0.0651. The molecule has 2 aromatic rings. The zero-order valence-corrected chi connectivity index (χ0v) is 9.88. The Kier molecular flexibility index (Phi) is 2.69. The third kappa shape index (κ3) is 2.24. The lowest BCUT2D eigenvalue weighted by atomic mass is 10.1. The summed E-state index contributed by atoms with van der Waals surface area (Å²) in [5.41, 5.74) is 1.87. The molecule has 0 unspecified atom stereocenters. The van der Waals surface area contributed by atoms with Gasteiger partial charge in [0, 0.05) is 12.3 Å². The van der Waals surface area contributed by atoms with Gasteiger partial charge in [-0.15, -0.1) is 0 Å². The van der Waals surface area contributed by atoms with E-state index in [-0.39, 0.29) is 5.54 Å². The van der Waals surface area contributed by atoms with Crippen molar-refractivity contribution in [2.75, 3.05) is 0 Å². The molecule has 0 aromatic carbocycles. The molecule has 0 radical (unpaired) electrons. The Morgan fingerprint density at radius 2 is 1.75 bits per heavy atom. The van der Waals surface area contributed by atoms with Crippen molar-refractivity contribution >= 4 is 0 Å². The summed E-state index contributed by atoms with van der Waals surface area (Å²) < 4.78 is 2.08. The van der Waals surface area contributed by atoms with Crippen LogP contribution in [0.4, 0.5) is 0 Å². The molecular formula is C13H16N3+. The molecule has 82 valence electrons. The van der Waals surface area contributed by atoms with Crippen molar-refractivity contribution in [3.63, 3.8) is 0 Å². The lowest BCUT2D eigenvalue weighted by molar-refractivity contribution is -0.756. The van der Waals surface area contributed by atoms with Gasteiger partial charge in [-0.1, -0.05) is 6.07 Å². The predicted molar refractivity (Wildman–Crippen MR) is 62.7 cm³/mol. The maximum atomic E-state index is 4.42. The standard InChI is InChI=1S/C13H16N3/c1-13(2,3)16-9-7-12(15-10-16)11-6-4-5-8-14-11/h4-10H,1-3H3/q+1. The molecule has 0 aliphatic heterocycles. The van der Waals surface area contributed by atoms with Crippen molar-refractivity contribution in [1.29, 1.82) is 0 Å². The van der Waals surface area contributed by atoms with Crippen molar-refractivity contribution in [2.24, 2.45) is 0 Å². The van der Waals surface area contributed by atoms with Crippen LogP contribution in [0, 0.1) is 0 Å². The summed E-state index contributed by atoms with van der Waals surface area (Å²) in [5.74, 6) is 0. The van der Waals surface area contributed by atoms with Gasteiger partial charge in [-0.2, -0.15) is 0 Å². The quantitative estimate of drug-likeness (QED) is 0.681. The van der Waals surface area contributed by atoms with E-state index in [1.807, 2.05) is 36.8 Å². The Bertz CT molecular complexity index is 455. The summed E-state index contributed by atoms with van der Waals surface area (Å²) in [5, 5.41) is 0. The van der Waals surface area contributed by atoms with Gasteiger partial charge in [0.25, 0.3) is 6.33 Å². The van der Waals surface area contributed by atoms with Crippen molar-refractivity contribution in [2.45, 2.75) is 26.3 Å². The van der Waals surface area contributed by atoms with Crippen molar-refractivity contribution in [1.82, 2.24) is 9.97 Å². The van der Waals surface area contributed by atoms with Crippen LogP contribution >= 0.6 is 0 Å². The lowest BCUT2D eigenvalue weighted by Crippen LogP contribution is -2.49. The Morgan fingerprint density at radius 1 is 1.00 bits per heavy atom. The maximum absolute atomic E-state index is 4.42. The second kappa shape index (κ2) is 4.00. The van der Waals surface area contributed by atoms with E-state index in [9.17, 15) is 0 Å². The number of aromatic nitrogens is 3. The van der Waals surface area contributed by atoms with Gasteiger partial charge in [0.1, 0.15) is 11.2 Å². The third-order valence-electron chi connectivity index (χ3n) is 2.42. The summed E-state index contributed by atoms with van der Waals surface area (Å²) in [6.07, 6.45) is 5.67. The fourth-order valence-electron chi connectivity index (χ4n) is 1.42. The van der Waals surface area contributed by atoms with Gasteiger partial charge in [0.2, 0.25) is 5.69 Å². The normalized spacial score (nSPS) is 11.4. The number of rotatable bonds is 1. The first kappa shape index (κ1) is 10.7. The van der Waals surface area contributed by atoms with E-state index in [2.05, 4.69) is 35.3 Å². The molecule has 2 aromatic heterocycles. The lowest BCUT2D eigenvalue weighted by Gasteiger charge is -2.15. The zero-order valence-electron chi connectivity index (χ0n) is 9.88. The van der Waals surface area contributed by atoms with Crippen LogP contribution in [-0.2, 0) is 5.54 Å². The van der Waals surface area contributed by atoms with Gasteiger partial charge in [-0.05, 0) is 37.9 Å². The van der Waals surface area contributed by atoms with Gasteiger partial charge in [-0.25, -0.2) is 4.57 Å². The number of pyridine rings is 1. The van der Waals surface area contributed by atoms with Gasteiger partial charge in [0.15, 0.2) is 0 Å². The molecule has 16 heavy (non-hydrogen) atoms.